The van der Waals surface area contributed by atoms with Gasteiger partial charge in [-0.3, -0.25) is 9.59 Å². The summed E-state index contributed by atoms with van der Waals surface area (Å²) in [6.07, 6.45) is 0.906. The summed E-state index contributed by atoms with van der Waals surface area (Å²) in [5, 5.41) is 6.52. The van der Waals surface area contributed by atoms with Crippen molar-refractivity contribution in [3.05, 3.63) is 94.5 Å². The number of hydrogen-bond acceptors (Lipinski definition) is 4. The van der Waals surface area contributed by atoms with E-state index < -0.39 is 6.04 Å². The molecular weight excluding hydrogens is 476 g/mol. The Morgan fingerprint density at radius 2 is 1.56 bits per heavy atom. The molecule has 0 fully saturated rings. The molecule has 0 radical (unpaired) electrons. The van der Waals surface area contributed by atoms with Crippen LogP contribution in [0, 0.1) is 5.92 Å². The Labute approximate surface area is 217 Å². The maximum atomic E-state index is 13.3. The predicted molar refractivity (Wildman–Crippen MR) is 140 cm³/mol. The van der Waals surface area contributed by atoms with E-state index in [2.05, 4.69) is 24.5 Å². The van der Waals surface area contributed by atoms with Crippen molar-refractivity contribution in [2.24, 2.45) is 5.92 Å². The molecule has 0 saturated heterocycles. The minimum atomic E-state index is -0.522. The fourth-order valence-electron chi connectivity index (χ4n) is 4.24. The third kappa shape index (κ3) is 6.38. The summed E-state index contributed by atoms with van der Waals surface area (Å²) < 4.78 is 11.6. The summed E-state index contributed by atoms with van der Waals surface area (Å²) in [5.41, 5.74) is 2.15. The van der Waals surface area contributed by atoms with Gasteiger partial charge in [0.2, 0.25) is 5.91 Å². The number of hydrogen-bond donors (Lipinski definition) is 2. The van der Waals surface area contributed by atoms with E-state index in [1.54, 1.807) is 24.3 Å². The van der Waals surface area contributed by atoms with Gasteiger partial charge in [0.15, 0.2) is 11.5 Å². The lowest BCUT2D eigenvalue weighted by molar-refractivity contribution is -0.122. The quantitative estimate of drug-likeness (QED) is 0.400. The Morgan fingerprint density at radius 1 is 0.861 bits per heavy atom. The van der Waals surface area contributed by atoms with Gasteiger partial charge in [0.1, 0.15) is 0 Å². The van der Waals surface area contributed by atoms with Gasteiger partial charge in [0, 0.05) is 6.42 Å². The van der Waals surface area contributed by atoms with Crippen molar-refractivity contribution in [3.8, 4) is 11.5 Å². The van der Waals surface area contributed by atoms with Gasteiger partial charge in [-0.15, -0.1) is 0 Å². The van der Waals surface area contributed by atoms with Gasteiger partial charge in [-0.05, 0) is 41.3 Å². The molecule has 2 N–H and O–H groups in total. The topological polar surface area (TPSA) is 76.7 Å². The molecule has 3 aromatic rings. The largest absolute Gasteiger partial charge is 0.490 e. The first-order valence-electron chi connectivity index (χ1n) is 12.2. The van der Waals surface area contributed by atoms with E-state index in [4.69, 9.17) is 21.1 Å². The van der Waals surface area contributed by atoms with Crippen LogP contribution in [-0.2, 0) is 4.79 Å². The highest BCUT2D eigenvalue weighted by molar-refractivity contribution is 6.33. The van der Waals surface area contributed by atoms with Crippen molar-refractivity contribution in [1.29, 1.82) is 0 Å². The third-order valence-electron chi connectivity index (χ3n) is 6.13. The Balaban J connectivity index is 1.52. The zero-order valence-corrected chi connectivity index (χ0v) is 21.3. The highest BCUT2D eigenvalue weighted by Crippen LogP contribution is 2.34. The lowest BCUT2D eigenvalue weighted by Gasteiger charge is -2.26. The second-order valence-corrected chi connectivity index (χ2v) is 9.57. The van der Waals surface area contributed by atoms with E-state index in [-0.39, 0.29) is 30.2 Å². The van der Waals surface area contributed by atoms with Crippen LogP contribution in [0.1, 0.15) is 60.3 Å². The van der Waals surface area contributed by atoms with Crippen LogP contribution in [0.5, 0.6) is 11.5 Å². The summed E-state index contributed by atoms with van der Waals surface area (Å²) in [6, 6.07) is 21.4. The lowest BCUT2D eigenvalue weighted by Crippen LogP contribution is -2.36. The molecule has 2 atom stereocenters. The molecule has 6 nitrogen and oxygen atoms in total. The van der Waals surface area contributed by atoms with Crippen molar-refractivity contribution < 1.29 is 19.1 Å². The molecule has 188 valence electrons. The van der Waals surface area contributed by atoms with E-state index in [9.17, 15) is 9.59 Å². The first-order valence-corrected chi connectivity index (χ1v) is 12.6. The molecule has 1 aliphatic rings. The van der Waals surface area contributed by atoms with Gasteiger partial charge in [-0.1, -0.05) is 74.0 Å². The van der Waals surface area contributed by atoms with E-state index in [1.807, 2.05) is 48.5 Å². The van der Waals surface area contributed by atoms with Crippen LogP contribution >= 0.6 is 11.6 Å². The Morgan fingerprint density at radius 3 is 2.28 bits per heavy atom. The van der Waals surface area contributed by atoms with E-state index in [0.717, 1.165) is 23.3 Å². The molecule has 0 bridgehead atoms. The summed E-state index contributed by atoms with van der Waals surface area (Å²) in [5.74, 6) is 1.04. The van der Waals surface area contributed by atoms with Gasteiger partial charge in [0.25, 0.3) is 5.91 Å². The molecule has 1 heterocycles. The molecular formula is C29H31ClN2O4. The third-order valence-corrected chi connectivity index (χ3v) is 6.46. The molecule has 1 aliphatic heterocycles. The lowest BCUT2D eigenvalue weighted by atomic mass is 9.94. The minimum absolute atomic E-state index is 0.0774. The number of ether oxygens (including phenoxy) is 2. The van der Waals surface area contributed by atoms with E-state index in [1.165, 1.54) is 0 Å². The smallest absolute Gasteiger partial charge is 0.253 e. The molecule has 0 spiro atoms. The summed E-state index contributed by atoms with van der Waals surface area (Å²) >= 11 is 6.23. The molecule has 4 rings (SSSR count). The number of nitrogens with one attached hydrogen (secondary N) is 2. The molecule has 0 aliphatic carbocycles. The van der Waals surface area contributed by atoms with Crippen molar-refractivity contribution in [2.75, 3.05) is 13.2 Å². The first kappa shape index (κ1) is 25.6. The van der Waals surface area contributed by atoms with Gasteiger partial charge < -0.3 is 20.1 Å². The van der Waals surface area contributed by atoms with Gasteiger partial charge in [0.05, 0.1) is 42.3 Å². The highest BCUT2D eigenvalue weighted by atomic mass is 35.5. The van der Waals surface area contributed by atoms with Crippen LogP contribution in [0.15, 0.2) is 72.8 Å². The maximum Gasteiger partial charge on any atom is 0.253 e. The zero-order valence-electron chi connectivity index (χ0n) is 20.5. The average Bonchev–Trinajstić information content (AvgIpc) is 3.12. The zero-order chi connectivity index (χ0) is 25.5. The Bertz CT molecular complexity index is 1200. The molecule has 0 saturated carbocycles. The molecule has 0 aromatic heterocycles. The van der Waals surface area contributed by atoms with Gasteiger partial charge in [-0.25, -0.2) is 0 Å². The van der Waals surface area contributed by atoms with Crippen LogP contribution in [0.3, 0.4) is 0 Å². The SMILES string of the molecule is CC(C)[C@@H](NC(=O)C[C@H](NC(=O)c1ccccc1Cl)c1ccccc1)c1ccc2c(c1)OCCCO2. The maximum absolute atomic E-state index is 13.3. The number of benzene rings is 3. The average molecular weight is 507 g/mol. The second-order valence-electron chi connectivity index (χ2n) is 9.17. The monoisotopic (exact) mass is 506 g/mol. The molecule has 0 unspecified atom stereocenters. The van der Waals surface area contributed by atoms with Gasteiger partial charge in [-0.2, -0.15) is 0 Å². The fourth-order valence-corrected chi connectivity index (χ4v) is 4.47. The van der Waals surface area contributed by atoms with Crippen LogP contribution in [0.25, 0.3) is 0 Å². The van der Waals surface area contributed by atoms with Crippen molar-refractivity contribution in [3.63, 3.8) is 0 Å². The van der Waals surface area contributed by atoms with E-state index >= 15 is 0 Å². The molecule has 3 aromatic carbocycles. The summed E-state index contributed by atoms with van der Waals surface area (Å²) in [6.45, 7) is 5.33. The van der Waals surface area contributed by atoms with Crippen molar-refractivity contribution in [1.82, 2.24) is 10.6 Å². The predicted octanol–water partition coefficient (Wildman–Crippen LogP) is 5.88. The number of amides is 2. The Hall–Kier alpha value is -3.51. The molecule has 7 heteroatoms. The number of carbonyl (C=O) groups excluding carboxylic acids is 2. The molecule has 2 amide bonds. The van der Waals surface area contributed by atoms with Crippen LogP contribution in [0.2, 0.25) is 5.02 Å². The number of rotatable bonds is 8. The van der Waals surface area contributed by atoms with Crippen LogP contribution in [-0.4, -0.2) is 25.0 Å². The standard InChI is InChI=1S/C29H31ClN2O4/c1-19(2)28(21-13-14-25-26(17-21)36-16-8-15-35-25)32-27(33)18-24(20-9-4-3-5-10-20)31-29(34)22-11-6-7-12-23(22)30/h3-7,9-14,17,19,24,28H,8,15-16,18H2,1-2H3,(H,31,34)(H,32,33)/t24-,28+/m0/s1. The summed E-state index contributed by atoms with van der Waals surface area (Å²) in [7, 11) is 0. The van der Waals surface area contributed by atoms with E-state index in [0.29, 0.717) is 29.5 Å². The molecule has 36 heavy (non-hydrogen) atoms. The van der Waals surface area contributed by atoms with Crippen LogP contribution in [0.4, 0.5) is 0 Å². The normalized spacial score (nSPS) is 14.4. The minimum Gasteiger partial charge on any atom is -0.490 e. The number of fused-ring (bicyclic) bond motifs is 1. The van der Waals surface area contributed by atoms with Crippen LogP contribution < -0.4 is 20.1 Å². The number of carbonyl (C=O) groups is 2. The van der Waals surface area contributed by atoms with Crippen molar-refractivity contribution in [2.45, 2.75) is 38.8 Å². The highest BCUT2D eigenvalue weighted by Gasteiger charge is 2.25. The second kappa shape index (κ2) is 12.0. The van der Waals surface area contributed by atoms with Gasteiger partial charge >= 0.3 is 0 Å². The first-order chi connectivity index (χ1) is 17.4. The summed E-state index contributed by atoms with van der Waals surface area (Å²) in [4.78, 5) is 26.3. The Kier molecular flexibility index (Phi) is 8.49. The number of halogens is 1. The fraction of sp³-hybridized carbons (Fsp3) is 0.310. The van der Waals surface area contributed by atoms with Crippen molar-refractivity contribution >= 4 is 23.4 Å².